The highest BCUT2D eigenvalue weighted by atomic mass is 32.2. The van der Waals surface area contributed by atoms with Gasteiger partial charge in [-0.05, 0) is 119 Å². The van der Waals surface area contributed by atoms with Gasteiger partial charge >= 0.3 is 0 Å². The smallest absolute Gasteiger partial charge is 0.246 e. The Morgan fingerprint density at radius 3 is 2.24 bits per heavy atom. The number of β-amino-alcohol motifs (C(OH)–C–C–N with tert-alkyl or cyclic N) is 1. The van der Waals surface area contributed by atoms with Gasteiger partial charge in [0, 0.05) is 80.9 Å². The Hall–Kier alpha value is -2.77. The second-order valence-corrected chi connectivity index (χ2v) is 28.4. The Bertz CT molecular complexity index is 2080. The van der Waals surface area contributed by atoms with E-state index in [-0.39, 0.29) is 85.7 Å². The first-order valence-electron chi connectivity index (χ1n) is 28.6. The maximum atomic E-state index is 14.1. The molecule has 5 aliphatic heterocycles. The van der Waals surface area contributed by atoms with Crippen LogP contribution in [0.1, 0.15) is 137 Å². The molecule has 432 valence electrons. The molecule has 0 radical (unpaired) electrons. The third-order valence-electron chi connectivity index (χ3n) is 17.3. The molecule has 0 aromatic rings. The Labute approximate surface area is 460 Å². The molecule has 7 fully saturated rings. The number of nitrogens with zero attached hydrogens (tertiary/aromatic N) is 2. The number of thioether (sulfide) groups is 2. The fraction of sp³-hybridized carbons (Fsp3) is 0.887. The molecule has 2 aliphatic carbocycles. The van der Waals surface area contributed by atoms with Crippen molar-refractivity contribution in [2.75, 3.05) is 70.3 Å². The largest absolute Gasteiger partial charge is 0.391 e. The summed E-state index contributed by atoms with van der Waals surface area (Å²) in [5, 5.41) is 36.7. The maximum Gasteiger partial charge on any atom is 0.246 e. The quantitative estimate of drug-likeness (QED) is 0.0664. The lowest BCUT2D eigenvalue weighted by molar-refractivity contribution is -0.144. The summed E-state index contributed by atoms with van der Waals surface area (Å²) in [6.45, 7) is 10.5. The first-order valence-corrected chi connectivity index (χ1v) is 32.6. The molecule has 9 N–H and O–H groups in total. The normalized spacial score (nSPS) is 32.9. The van der Waals surface area contributed by atoms with Crippen LogP contribution in [0.5, 0.6) is 0 Å². The molecule has 0 aromatic carbocycles. The minimum atomic E-state index is -3.35. The monoisotopic (exact) mass is 1120 g/mol. The number of ether oxygens (including phenoxy) is 1. The number of aliphatic hydroxyl groups excluding tert-OH is 1. The summed E-state index contributed by atoms with van der Waals surface area (Å²) in [5.74, 6) is 2.69. The first-order chi connectivity index (χ1) is 36.2. The number of aliphatic hydroxyl groups is 1. The molecule has 76 heavy (non-hydrogen) atoms. The molecule has 23 heteroatoms. The van der Waals surface area contributed by atoms with Gasteiger partial charge in [0.2, 0.25) is 45.5 Å². The summed E-state index contributed by atoms with van der Waals surface area (Å²) in [6.07, 6.45) is 14.4. The Kier molecular flexibility index (Phi) is 22.9. The number of hydrogen-bond donors (Lipinski definition) is 9. The Balaban J connectivity index is 0.725. The average Bonchev–Trinajstić information content (AvgIpc) is 4.24. The number of rotatable bonds is 23. The summed E-state index contributed by atoms with van der Waals surface area (Å²) in [5.41, 5.74) is -0.868. The predicted molar refractivity (Wildman–Crippen MR) is 296 cm³/mol. The molecule has 20 nitrogen and oxygen atoms in total. The minimum absolute atomic E-state index is 0.0454. The minimum Gasteiger partial charge on any atom is -0.391 e. The van der Waals surface area contributed by atoms with Crippen LogP contribution in [0.25, 0.3) is 0 Å². The predicted octanol–water partition coefficient (Wildman–Crippen LogP) is 2.17. The molecule has 5 saturated heterocycles. The molecular formula is C53H92N10O10S3. The van der Waals surface area contributed by atoms with E-state index in [0.29, 0.717) is 99.2 Å². The van der Waals surface area contributed by atoms with Crippen molar-refractivity contribution < 1.29 is 47.0 Å². The van der Waals surface area contributed by atoms with E-state index in [1.54, 1.807) is 11.8 Å². The van der Waals surface area contributed by atoms with Crippen molar-refractivity contribution in [3.05, 3.63) is 0 Å². The topological polar surface area (TPSA) is 269 Å². The second-order valence-electron chi connectivity index (χ2n) is 24.1. The lowest BCUT2D eigenvalue weighted by Crippen LogP contribution is -2.58. The summed E-state index contributed by atoms with van der Waals surface area (Å²) >= 11 is 3.70. The zero-order valence-electron chi connectivity index (χ0n) is 45.9. The van der Waals surface area contributed by atoms with E-state index >= 15 is 0 Å². The average molecular weight is 1130 g/mol. The van der Waals surface area contributed by atoms with Crippen LogP contribution in [0.15, 0.2) is 0 Å². The van der Waals surface area contributed by atoms with Crippen molar-refractivity contribution in [3.8, 4) is 0 Å². The molecule has 12 atom stereocenters. The van der Waals surface area contributed by atoms with Crippen molar-refractivity contribution in [1.82, 2.24) is 51.7 Å². The van der Waals surface area contributed by atoms with Gasteiger partial charge in [-0.1, -0.05) is 40.0 Å². The molecule has 6 amide bonds. The molecule has 5 heterocycles. The fourth-order valence-electron chi connectivity index (χ4n) is 12.9. The molecule has 0 spiro atoms. The first kappa shape index (κ1) is 60.9. The lowest BCUT2D eigenvalue weighted by Gasteiger charge is -2.40. The molecule has 7 aliphatic rings. The molecule has 2 saturated carbocycles. The van der Waals surface area contributed by atoms with Gasteiger partial charge in [0.25, 0.3) is 0 Å². The van der Waals surface area contributed by atoms with E-state index in [1.807, 2.05) is 32.5 Å². The zero-order chi connectivity index (χ0) is 54.6. The number of piperidine rings is 1. The van der Waals surface area contributed by atoms with Crippen molar-refractivity contribution in [2.24, 2.45) is 40.9 Å². The highest BCUT2D eigenvalue weighted by Crippen LogP contribution is 2.42. The number of amides is 6. The summed E-state index contributed by atoms with van der Waals surface area (Å²) in [6, 6.07) is -0.848. The van der Waals surface area contributed by atoms with E-state index in [2.05, 4.69) is 49.5 Å². The van der Waals surface area contributed by atoms with Gasteiger partial charge < -0.3 is 46.6 Å². The van der Waals surface area contributed by atoms with Crippen LogP contribution in [0.4, 0.5) is 0 Å². The molecule has 0 bridgehead atoms. The Morgan fingerprint density at radius 1 is 0.789 bits per heavy atom. The van der Waals surface area contributed by atoms with E-state index in [9.17, 15) is 42.3 Å². The van der Waals surface area contributed by atoms with Crippen LogP contribution in [-0.2, 0) is 43.5 Å². The number of unbranched alkanes of at least 4 members (excludes halogenated alkanes) is 2. The van der Waals surface area contributed by atoms with Crippen LogP contribution in [0, 0.1) is 40.9 Å². The zero-order valence-corrected chi connectivity index (χ0v) is 48.4. The fourth-order valence-corrected chi connectivity index (χ4v) is 16.5. The highest BCUT2D eigenvalue weighted by Gasteiger charge is 2.45. The van der Waals surface area contributed by atoms with Crippen LogP contribution < -0.4 is 42.5 Å². The third-order valence-corrected chi connectivity index (χ3v) is 21.3. The van der Waals surface area contributed by atoms with Crippen LogP contribution in [0.3, 0.4) is 0 Å². The van der Waals surface area contributed by atoms with Crippen molar-refractivity contribution in [2.45, 2.75) is 184 Å². The SMILES string of the molecule is CC1NCSC1C1CCC(CNC(=O)[C@@H]2C[C@@H](O)CN2C(=O)[C@@H](NC(=O)CCCCCC(=O)NCCOC2CC(C3CCCC(C4CSC(NC(=O)CNC(=O)C5CCN(S(C)(=O)=O)C5)N4)C3)CCN2)C(C)(C)C)CC1. The third kappa shape index (κ3) is 17.9. The maximum absolute atomic E-state index is 14.1. The summed E-state index contributed by atoms with van der Waals surface area (Å²) in [4.78, 5) is 80.4. The van der Waals surface area contributed by atoms with Gasteiger partial charge in [0.1, 0.15) is 23.8 Å². The van der Waals surface area contributed by atoms with Gasteiger partial charge in [0.15, 0.2) is 0 Å². The van der Waals surface area contributed by atoms with Gasteiger partial charge in [-0.15, -0.1) is 23.5 Å². The summed E-state index contributed by atoms with van der Waals surface area (Å²) in [7, 11) is -3.35. The van der Waals surface area contributed by atoms with Crippen LogP contribution in [0.2, 0.25) is 0 Å². The van der Waals surface area contributed by atoms with Gasteiger partial charge in [0.05, 0.1) is 31.4 Å². The van der Waals surface area contributed by atoms with Gasteiger partial charge in [-0.25, -0.2) is 12.7 Å². The molecule has 7 rings (SSSR count). The van der Waals surface area contributed by atoms with Gasteiger partial charge in [-0.3, -0.25) is 39.4 Å². The van der Waals surface area contributed by atoms with E-state index in [1.165, 1.54) is 22.0 Å². The standard InChI is InChI=1S/C53H92N10O10S3/c1-33-47(75-32-58-33)35-16-14-34(15-17-35)27-56-50(69)42-26-40(64)30-63(42)51(70)48(53(2,3)4)60-44(66)13-8-6-7-12-43(65)54-21-23-73-46-25-37(18-20-55-46)36-10-9-11-38(24-36)41-31-74-52(59-41)61-45(67)28-57-49(68)39-19-22-62(29-39)76(5,71)72/h33-42,46-48,52,55,58-59,64H,6-32H2,1-5H3,(H,54,65)(H,56,69)(H,57,68)(H,60,66)(H,61,67)/t33?,34?,35?,36?,37?,38?,39?,40-,41?,42+,46?,47?,48-,52?/m1/s1. The van der Waals surface area contributed by atoms with E-state index in [4.69, 9.17) is 4.74 Å². The molecule has 9 unspecified atom stereocenters. The number of carbonyl (C=O) groups excluding carboxylic acids is 6. The Morgan fingerprint density at radius 2 is 1.53 bits per heavy atom. The number of hydrogen-bond acceptors (Lipinski definition) is 15. The van der Waals surface area contributed by atoms with Crippen molar-refractivity contribution in [1.29, 1.82) is 0 Å². The summed E-state index contributed by atoms with van der Waals surface area (Å²) < 4.78 is 31.2. The number of carbonyl (C=O) groups is 6. The van der Waals surface area contributed by atoms with E-state index < -0.39 is 39.5 Å². The van der Waals surface area contributed by atoms with Crippen LogP contribution >= 0.6 is 23.5 Å². The van der Waals surface area contributed by atoms with Crippen LogP contribution in [-0.4, -0.2) is 176 Å². The highest BCUT2D eigenvalue weighted by molar-refractivity contribution is 8.00. The number of likely N-dealkylation sites (tertiary alicyclic amines) is 1. The van der Waals surface area contributed by atoms with E-state index in [0.717, 1.165) is 75.8 Å². The van der Waals surface area contributed by atoms with Gasteiger partial charge in [-0.2, -0.15) is 0 Å². The van der Waals surface area contributed by atoms with Crippen molar-refractivity contribution in [3.63, 3.8) is 0 Å². The van der Waals surface area contributed by atoms with Crippen molar-refractivity contribution >= 4 is 69.0 Å². The number of sulfonamides is 1. The molecular weight excluding hydrogens is 1030 g/mol. The number of nitrogens with one attached hydrogen (secondary N) is 8. The molecule has 0 aromatic heterocycles. The second kappa shape index (κ2) is 28.6. The lowest BCUT2D eigenvalue weighted by atomic mass is 9.70.